The van der Waals surface area contributed by atoms with Crippen LogP contribution in [-0.4, -0.2) is 0 Å². The van der Waals surface area contributed by atoms with Gasteiger partial charge in [-0.3, -0.25) is 0 Å². The molecule has 0 bridgehead atoms. The molecule has 352 valence electrons. The van der Waals surface area contributed by atoms with Gasteiger partial charge in [-0.1, -0.05) is 219 Å². The predicted octanol–water partition coefficient (Wildman–Crippen LogP) is 20.0. The van der Waals surface area contributed by atoms with Crippen molar-refractivity contribution in [3.63, 3.8) is 0 Å². The van der Waals surface area contributed by atoms with Crippen molar-refractivity contribution in [2.24, 2.45) is 11.8 Å². The number of hydrogen-bond acceptors (Lipinski definition) is 2. The molecule has 0 aromatic heterocycles. The quantitative estimate of drug-likeness (QED) is 0.114. The fourth-order valence-electron chi connectivity index (χ4n) is 10.5. The van der Waals surface area contributed by atoms with E-state index in [0.29, 0.717) is 23.0 Å². The summed E-state index contributed by atoms with van der Waals surface area (Å²) in [6.07, 6.45) is 15.5. The highest BCUT2D eigenvalue weighted by Crippen LogP contribution is 2.42. The van der Waals surface area contributed by atoms with E-state index in [-0.39, 0.29) is 12.1 Å². The highest BCUT2D eigenvalue weighted by Gasteiger charge is 2.24. The highest BCUT2D eigenvalue weighted by molar-refractivity contribution is 5.97. The number of nitrogens with zero attached hydrogens (tertiary/aromatic N) is 2. The summed E-state index contributed by atoms with van der Waals surface area (Å²) >= 11 is 0. The summed E-state index contributed by atoms with van der Waals surface area (Å²) in [6.45, 7) is -1.03. The molecule has 0 fully saturated rings. The summed E-state index contributed by atoms with van der Waals surface area (Å²) in [5.74, 6) is 0.641. The molecule has 2 nitrogen and oxygen atoms in total. The van der Waals surface area contributed by atoms with E-state index in [1.54, 1.807) is 12.1 Å². The van der Waals surface area contributed by atoms with Crippen molar-refractivity contribution < 1.29 is 8.22 Å². The summed E-state index contributed by atoms with van der Waals surface area (Å²) < 4.78 is 47.4. The fraction of sp³-hybridized carbons (Fsp3) is 0.0278. The summed E-state index contributed by atoms with van der Waals surface area (Å²) in [5, 5.41) is 2.41. The monoisotopic (exact) mass is 952 g/mol. The minimum absolute atomic E-state index is 0.110. The Hall–Kier alpha value is -9.50. The smallest absolute Gasteiger partial charge is 0.0623 e. The molecule has 2 aliphatic carbocycles. The van der Waals surface area contributed by atoms with Crippen LogP contribution in [0.1, 0.15) is 24.9 Å². The number of rotatable bonds is 13. The van der Waals surface area contributed by atoms with Gasteiger partial charge in [0, 0.05) is 46.0 Å². The molecule has 0 aliphatic heterocycles. The van der Waals surface area contributed by atoms with Crippen LogP contribution in [0, 0.1) is 11.8 Å². The minimum atomic E-state index is -0.515. The molecule has 0 radical (unpaired) electrons. The third kappa shape index (κ3) is 9.18. The number of fused-ring (bicyclic) bond motifs is 2. The molecular weight excluding hydrogens is 893 g/mol. The Morgan fingerprint density at radius 3 is 1.27 bits per heavy atom. The molecule has 0 saturated heterocycles. The van der Waals surface area contributed by atoms with Gasteiger partial charge in [-0.2, -0.15) is 0 Å². The van der Waals surface area contributed by atoms with E-state index in [1.807, 2.05) is 36.4 Å². The summed E-state index contributed by atoms with van der Waals surface area (Å²) in [4.78, 5) is 4.54. The lowest BCUT2D eigenvalue weighted by Gasteiger charge is -2.29. The molecule has 0 spiro atoms. The van der Waals surface area contributed by atoms with Gasteiger partial charge in [0.1, 0.15) is 0 Å². The van der Waals surface area contributed by atoms with Crippen LogP contribution >= 0.6 is 0 Å². The van der Waals surface area contributed by atoms with E-state index in [9.17, 15) is 0 Å². The van der Waals surface area contributed by atoms with Crippen LogP contribution < -0.4 is 9.80 Å². The largest absolute Gasteiger partial charge is 0.311 e. The normalized spacial score (nSPS) is 15.5. The molecule has 10 aromatic rings. The Labute approximate surface area is 443 Å². The molecule has 10 aromatic carbocycles. The predicted molar refractivity (Wildman–Crippen MR) is 318 cm³/mol. The number of allylic oxidation sites excluding steroid dienone is 8. The average molecular weight is 953 g/mol. The first-order valence-electron chi connectivity index (χ1n) is 28.1. The van der Waals surface area contributed by atoms with Crippen molar-refractivity contribution in [1.82, 2.24) is 0 Å². The average Bonchev–Trinajstić information content (AvgIpc) is 3.52. The molecule has 2 aliphatic rings. The standard InChI is InChI=1S/C72H54N2/c1-3-51-13-9-19-61(49-51)55-29-41-65(42-30-55)73(67-45-33-59(34-46-67)71-23-11-17-57-15-5-7-21-69(57)71)63-37-25-53(26-38-63)54-27-39-64(40-28-54)74(66-43-31-56(32-44-66)62-20-10-14-52(4-2)50-62)68-47-35-60(36-48-68)72-24-12-18-58-16-6-8-22-70(58)72/h3-50,57,69H,1-2H2/i1D2,2D2,3D,4D. The zero-order valence-electron chi connectivity index (χ0n) is 46.6. The Balaban J connectivity index is 0.867. The van der Waals surface area contributed by atoms with Crippen molar-refractivity contribution in [2.75, 3.05) is 9.80 Å². The summed E-state index contributed by atoms with van der Waals surface area (Å²) in [7, 11) is 0. The molecule has 0 N–H and O–H groups in total. The van der Waals surface area contributed by atoms with Gasteiger partial charge in [-0.15, -0.1) is 0 Å². The Kier molecular flexibility index (Phi) is 10.7. The molecule has 2 unspecified atom stereocenters. The van der Waals surface area contributed by atoms with Crippen LogP contribution in [0.3, 0.4) is 0 Å². The molecule has 2 heteroatoms. The number of benzene rings is 10. The van der Waals surface area contributed by atoms with E-state index in [4.69, 9.17) is 8.22 Å². The van der Waals surface area contributed by atoms with Crippen LogP contribution in [-0.2, 0) is 0 Å². The maximum atomic E-state index is 8.26. The van der Waals surface area contributed by atoms with E-state index in [2.05, 4.69) is 240 Å². The maximum Gasteiger partial charge on any atom is 0.0623 e. The van der Waals surface area contributed by atoms with Crippen LogP contribution in [0.2, 0.25) is 0 Å². The van der Waals surface area contributed by atoms with Crippen LogP contribution in [0.25, 0.3) is 73.0 Å². The first-order chi connectivity index (χ1) is 39.1. The molecule has 12 rings (SSSR count). The van der Waals surface area contributed by atoms with Crippen molar-refractivity contribution in [1.29, 1.82) is 0 Å². The highest BCUT2D eigenvalue weighted by atomic mass is 15.1. The van der Waals surface area contributed by atoms with Gasteiger partial charge in [-0.05, 0) is 162 Å². The second-order valence-electron chi connectivity index (χ2n) is 18.8. The Bertz CT molecular complexity index is 4090. The zero-order chi connectivity index (χ0) is 54.7. The molecule has 0 amide bonds. The molecular formula is C72H54N2. The topological polar surface area (TPSA) is 6.48 Å². The molecule has 0 heterocycles. The maximum absolute atomic E-state index is 8.26. The number of hydrogen-bond donors (Lipinski definition) is 0. The van der Waals surface area contributed by atoms with Gasteiger partial charge < -0.3 is 9.80 Å². The lowest BCUT2D eigenvalue weighted by molar-refractivity contribution is 0.678. The van der Waals surface area contributed by atoms with E-state index < -0.39 is 13.1 Å². The molecule has 74 heavy (non-hydrogen) atoms. The van der Waals surface area contributed by atoms with E-state index in [1.165, 1.54) is 27.5 Å². The van der Waals surface area contributed by atoms with Gasteiger partial charge in [0.2, 0.25) is 0 Å². The van der Waals surface area contributed by atoms with Gasteiger partial charge in [0.15, 0.2) is 0 Å². The SMILES string of the molecule is [2H]C([2H])=C([2H])c1cccc(-c2ccc(N(c3ccc(C4=CC=CC5C=CC=CC45)cc3)c3ccc(-c4ccc(N(c5ccc(-c6cccc(C([2H])=C([2H])[2H])c6)cc5)c5ccc(-c6cccc7ccccc67)cc5)cc4)cc3)cc2)c1. The summed E-state index contributed by atoms with van der Waals surface area (Å²) in [6, 6.07) is 81.5. The van der Waals surface area contributed by atoms with Crippen molar-refractivity contribution in [3.8, 4) is 44.5 Å². The molecule has 0 saturated carbocycles. The van der Waals surface area contributed by atoms with Crippen molar-refractivity contribution >= 4 is 62.6 Å². The first-order valence-corrected chi connectivity index (χ1v) is 25.1. The van der Waals surface area contributed by atoms with Gasteiger partial charge in [-0.25, -0.2) is 0 Å². The lowest BCUT2D eigenvalue weighted by atomic mass is 9.77. The Morgan fingerprint density at radius 1 is 0.365 bits per heavy atom. The number of anilines is 6. The third-order valence-corrected chi connectivity index (χ3v) is 14.3. The lowest BCUT2D eigenvalue weighted by Crippen LogP contribution is -2.15. The van der Waals surface area contributed by atoms with Gasteiger partial charge in [0.05, 0.1) is 8.22 Å². The second-order valence-corrected chi connectivity index (χ2v) is 18.8. The zero-order valence-corrected chi connectivity index (χ0v) is 40.6. The third-order valence-electron chi connectivity index (χ3n) is 14.3. The Morgan fingerprint density at radius 2 is 0.770 bits per heavy atom. The van der Waals surface area contributed by atoms with Crippen LogP contribution in [0.15, 0.2) is 292 Å². The van der Waals surface area contributed by atoms with Crippen molar-refractivity contribution in [3.05, 3.63) is 309 Å². The fourth-order valence-corrected chi connectivity index (χ4v) is 10.5. The van der Waals surface area contributed by atoms with E-state index in [0.717, 1.165) is 73.1 Å². The van der Waals surface area contributed by atoms with Gasteiger partial charge >= 0.3 is 0 Å². The van der Waals surface area contributed by atoms with Gasteiger partial charge in [0.25, 0.3) is 0 Å². The molecule has 2 atom stereocenters. The van der Waals surface area contributed by atoms with Crippen molar-refractivity contribution in [2.45, 2.75) is 0 Å². The minimum Gasteiger partial charge on any atom is -0.311 e. The van der Waals surface area contributed by atoms with Crippen LogP contribution in [0.5, 0.6) is 0 Å². The first kappa shape index (κ1) is 39.2. The summed E-state index contributed by atoms with van der Waals surface area (Å²) in [5.41, 5.74) is 17.7. The second kappa shape index (κ2) is 20.3. The van der Waals surface area contributed by atoms with Crippen LogP contribution in [0.4, 0.5) is 34.1 Å². The van der Waals surface area contributed by atoms with E-state index >= 15 is 0 Å².